The van der Waals surface area contributed by atoms with Crippen LogP contribution in [0.1, 0.15) is 6.42 Å². The molecule has 0 aliphatic carbocycles. The molecule has 0 N–H and O–H groups in total. The molecule has 23 heavy (non-hydrogen) atoms. The van der Waals surface area contributed by atoms with E-state index >= 15 is 0 Å². The van der Waals surface area contributed by atoms with Crippen molar-refractivity contribution in [2.24, 2.45) is 0 Å². The van der Waals surface area contributed by atoms with Gasteiger partial charge in [0.15, 0.2) is 6.61 Å². The van der Waals surface area contributed by atoms with Crippen molar-refractivity contribution < 1.29 is 19.1 Å². The number of carbonyl (C=O) groups is 2. The van der Waals surface area contributed by atoms with Crippen molar-refractivity contribution in [3.05, 3.63) is 29.3 Å². The topological polar surface area (TPSA) is 59.1 Å². The third kappa shape index (κ3) is 5.41. The highest BCUT2D eigenvalue weighted by Gasteiger charge is 2.23. The van der Waals surface area contributed by atoms with Crippen molar-refractivity contribution in [3.8, 4) is 5.75 Å². The van der Waals surface area contributed by atoms with Crippen LogP contribution >= 0.6 is 11.6 Å². The maximum Gasteiger partial charge on any atom is 0.260 e. The molecule has 1 aromatic carbocycles. The molecule has 1 aliphatic heterocycles. The molecule has 1 fully saturated rings. The third-order valence-corrected chi connectivity index (χ3v) is 3.93. The summed E-state index contributed by atoms with van der Waals surface area (Å²) in [4.78, 5) is 27.5. The Kier molecular flexibility index (Phi) is 6.67. The lowest BCUT2D eigenvalue weighted by Gasteiger charge is -2.34. The van der Waals surface area contributed by atoms with Crippen LogP contribution in [0.5, 0.6) is 5.75 Å². The Labute approximate surface area is 140 Å². The average molecular weight is 341 g/mol. The largest absolute Gasteiger partial charge is 0.484 e. The summed E-state index contributed by atoms with van der Waals surface area (Å²) in [6, 6.07) is 6.88. The Morgan fingerprint density at radius 1 is 1.04 bits per heavy atom. The minimum absolute atomic E-state index is 0.0146. The number of methoxy groups -OCH3 is 1. The number of piperazine rings is 1. The standard InChI is InChI=1S/C16H21ClN2O4/c1-22-11-6-15(20)18-7-9-19(10-8-18)16(21)12-23-14-4-2-13(17)3-5-14/h2-5H,6-12H2,1H3. The molecule has 0 bridgehead atoms. The summed E-state index contributed by atoms with van der Waals surface area (Å²) in [6.45, 7) is 2.57. The minimum Gasteiger partial charge on any atom is -0.484 e. The third-order valence-electron chi connectivity index (χ3n) is 3.68. The van der Waals surface area contributed by atoms with Gasteiger partial charge in [-0.25, -0.2) is 0 Å². The molecule has 0 radical (unpaired) electrons. The van der Waals surface area contributed by atoms with Gasteiger partial charge in [-0.3, -0.25) is 9.59 Å². The molecule has 1 heterocycles. The number of benzene rings is 1. The van der Waals surface area contributed by atoms with Crippen molar-refractivity contribution >= 4 is 23.4 Å². The van der Waals surface area contributed by atoms with Gasteiger partial charge in [0, 0.05) is 38.3 Å². The first-order valence-corrected chi connectivity index (χ1v) is 7.91. The number of nitrogens with zero attached hydrogens (tertiary/aromatic N) is 2. The Bertz CT molecular complexity index is 527. The molecule has 0 saturated carbocycles. The van der Waals surface area contributed by atoms with Gasteiger partial charge in [0.25, 0.3) is 5.91 Å². The number of ether oxygens (including phenoxy) is 2. The Hall–Kier alpha value is -1.79. The second kappa shape index (κ2) is 8.74. The van der Waals surface area contributed by atoms with Crippen molar-refractivity contribution in [3.63, 3.8) is 0 Å². The van der Waals surface area contributed by atoms with Gasteiger partial charge in [-0.15, -0.1) is 0 Å². The lowest BCUT2D eigenvalue weighted by Crippen LogP contribution is -2.51. The zero-order valence-corrected chi connectivity index (χ0v) is 13.9. The Morgan fingerprint density at radius 2 is 1.61 bits per heavy atom. The second-order valence-electron chi connectivity index (χ2n) is 5.25. The molecule has 0 unspecified atom stereocenters. The van der Waals surface area contributed by atoms with Crippen molar-refractivity contribution in [2.75, 3.05) is 46.5 Å². The fraction of sp³-hybridized carbons (Fsp3) is 0.500. The normalized spacial score (nSPS) is 14.7. The van der Waals surface area contributed by atoms with Crippen LogP contribution < -0.4 is 4.74 Å². The van der Waals surface area contributed by atoms with Crippen LogP contribution in [-0.2, 0) is 14.3 Å². The predicted molar refractivity (Wildman–Crippen MR) is 86.6 cm³/mol. The van der Waals surface area contributed by atoms with E-state index in [1.807, 2.05) is 0 Å². The zero-order valence-electron chi connectivity index (χ0n) is 13.2. The van der Waals surface area contributed by atoms with Crippen molar-refractivity contribution in [1.82, 2.24) is 9.80 Å². The van der Waals surface area contributed by atoms with E-state index in [1.165, 1.54) is 0 Å². The maximum atomic E-state index is 12.1. The van der Waals surface area contributed by atoms with Gasteiger partial charge in [0.05, 0.1) is 13.0 Å². The molecular weight excluding hydrogens is 320 g/mol. The van der Waals surface area contributed by atoms with E-state index in [0.717, 1.165) is 0 Å². The van der Waals surface area contributed by atoms with E-state index in [1.54, 1.807) is 41.2 Å². The van der Waals surface area contributed by atoms with Gasteiger partial charge in [-0.1, -0.05) is 11.6 Å². The van der Waals surface area contributed by atoms with Gasteiger partial charge >= 0.3 is 0 Å². The number of amides is 2. The first kappa shape index (κ1) is 17.6. The Morgan fingerprint density at radius 3 is 2.17 bits per heavy atom. The summed E-state index contributed by atoms with van der Waals surface area (Å²) in [6.07, 6.45) is 0.379. The summed E-state index contributed by atoms with van der Waals surface area (Å²) in [5.41, 5.74) is 0. The van der Waals surface area contributed by atoms with Crippen LogP contribution in [0.25, 0.3) is 0 Å². The number of hydrogen-bond donors (Lipinski definition) is 0. The summed E-state index contributed by atoms with van der Waals surface area (Å²) in [7, 11) is 1.57. The minimum atomic E-state index is -0.0797. The van der Waals surface area contributed by atoms with Crippen LogP contribution in [0.3, 0.4) is 0 Å². The molecule has 0 spiro atoms. The van der Waals surface area contributed by atoms with Crippen LogP contribution in [0.4, 0.5) is 0 Å². The highest BCUT2D eigenvalue weighted by molar-refractivity contribution is 6.30. The highest BCUT2D eigenvalue weighted by Crippen LogP contribution is 2.15. The summed E-state index contributed by atoms with van der Waals surface area (Å²) < 4.78 is 10.4. The van der Waals surface area contributed by atoms with Crippen LogP contribution in [0.15, 0.2) is 24.3 Å². The molecule has 1 aliphatic rings. The molecule has 1 saturated heterocycles. The molecule has 2 amide bonds. The van der Waals surface area contributed by atoms with Gasteiger partial charge in [0.1, 0.15) is 5.75 Å². The molecular formula is C16H21ClN2O4. The lowest BCUT2D eigenvalue weighted by molar-refractivity contribution is -0.141. The Balaban J connectivity index is 1.73. The van der Waals surface area contributed by atoms with Gasteiger partial charge in [-0.2, -0.15) is 0 Å². The van der Waals surface area contributed by atoms with Gasteiger partial charge in [-0.05, 0) is 24.3 Å². The van der Waals surface area contributed by atoms with Crippen LogP contribution in [-0.4, -0.2) is 68.1 Å². The fourth-order valence-corrected chi connectivity index (χ4v) is 2.45. The monoisotopic (exact) mass is 340 g/mol. The summed E-state index contributed by atoms with van der Waals surface area (Å²) in [5.74, 6) is 0.594. The predicted octanol–water partition coefficient (Wildman–Crippen LogP) is 1.43. The zero-order chi connectivity index (χ0) is 16.7. The molecule has 2 rings (SSSR count). The molecule has 0 atom stereocenters. The highest BCUT2D eigenvalue weighted by atomic mass is 35.5. The SMILES string of the molecule is COCCC(=O)N1CCN(C(=O)COc2ccc(Cl)cc2)CC1. The van der Waals surface area contributed by atoms with Crippen molar-refractivity contribution in [2.45, 2.75) is 6.42 Å². The number of hydrogen-bond acceptors (Lipinski definition) is 4. The van der Waals surface area contributed by atoms with Crippen LogP contribution in [0.2, 0.25) is 5.02 Å². The second-order valence-corrected chi connectivity index (χ2v) is 5.68. The van der Waals surface area contributed by atoms with E-state index in [9.17, 15) is 9.59 Å². The first-order valence-electron chi connectivity index (χ1n) is 7.53. The van der Waals surface area contributed by atoms with Gasteiger partial charge < -0.3 is 19.3 Å². The van der Waals surface area contributed by atoms with E-state index in [0.29, 0.717) is 50.0 Å². The van der Waals surface area contributed by atoms with Crippen LogP contribution in [0, 0.1) is 0 Å². The first-order chi connectivity index (χ1) is 11.1. The smallest absolute Gasteiger partial charge is 0.260 e. The number of halogens is 1. The quantitative estimate of drug-likeness (QED) is 0.786. The van der Waals surface area contributed by atoms with E-state index < -0.39 is 0 Å². The fourth-order valence-electron chi connectivity index (χ4n) is 2.32. The lowest BCUT2D eigenvalue weighted by atomic mass is 10.2. The average Bonchev–Trinajstić information content (AvgIpc) is 2.59. The van der Waals surface area contributed by atoms with Gasteiger partial charge in [0.2, 0.25) is 5.91 Å². The molecule has 0 aromatic heterocycles. The molecule has 7 heteroatoms. The molecule has 1 aromatic rings. The summed E-state index contributed by atoms with van der Waals surface area (Å²) >= 11 is 5.80. The molecule has 126 valence electrons. The van der Waals surface area contributed by atoms with Crippen molar-refractivity contribution in [1.29, 1.82) is 0 Å². The number of carbonyl (C=O) groups excluding carboxylic acids is 2. The molecule has 6 nitrogen and oxygen atoms in total. The van der Waals surface area contributed by atoms with E-state index in [2.05, 4.69) is 0 Å². The number of rotatable bonds is 6. The van der Waals surface area contributed by atoms with E-state index in [4.69, 9.17) is 21.1 Å². The summed E-state index contributed by atoms with van der Waals surface area (Å²) in [5, 5.41) is 0.623. The maximum absolute atomic E-state index is 12.1. The van der Waals surface area contributed by atoms with E-state index in [-0.39, 0.29) is 18.4 Å².